The van der Waals surface area contributed by atoms with E-state index in [1.807, 2.05) is 37.3 Å². The smallest absolute Gasteiger partial charge is 0.260 e. The lowest BCUT2D eigenvalue weighted by Crippen LogP contribution is -2.35. The summed E-state index contributed by atoms with van der Waals surface area (Å²) in [6, 6.07) is 5.71. The second kappa shape index (κ2) is 7.13. The molecule has 0 spiro atoms. The van der Waals surface area contributed by atoms with Gasteiger partial charge in [-0.15, -0.1) is 0 Å². The highest BCUT2D eigenvalue weighted by Gasteiger charge is 2.23. The molecule has 5 nitrogen and oxygen atoms in total. The van der Waals surface area contributed by atoms with E-state index < -0.39 is 0 Å². The van der Waals surface area contributed by atoms with Gasteiger partial charge in [0.25, 0.3) is 5.91 Å². The van der Waals surface area contributed by atoms with Crippen molar-refractivity contribution in [2.45, 2.75) is 19.4 Å². The van der Waals surface area contributed by atoms with Crippen LogP contribution in [0.3, 0.4) is 0 Å². The number of nitrogens with zero attached hydrogens (tertiary/aromatic N) is 1. The predicted octanol–water partition coefficient (Wildman–Crippen LogP) is 1.67. The van der Waals surface area contributed by atoms with E-state index in [1.165, 1.54) is 0 Å². The molecule has 5 heteroatoms. The van der Waals surface area contributed by atoms with Crippen molar-refractivity contribution < 1.29 is 14.3 Å². The molecule has 1 aliphatic rings. The number of methoxy groups -OCH3 is 1. The number of allylic oxidation sites excluding steroid dienone is 1. The Morgan fingerprint density at radius 3 is 2.90 bits per heavy atom. The Balaban J connectivity index is 1.97. The maximum atomic E-state index is 12.0. The van der Waals surface area contributed by atoms with Gasteiger partial charge in [0.2, 0.25) is 0 Å². The first kappa shape index (κ1) is 15.4. The molecule has 1 heterocycles. The average molecular weight is 290 g/mol. The third-order valence-electron chi connectivity index (χ3n) is 3.48. The number of hydrogen-bond donors (Lipinski definition) is 1. The number of carbonyl (C=O) groups excluding carboxylic acids is 1. The first-order chi connectivity index (χ1) is 10.1. The summed E-state index contributed by atoms with van der Waals surface area (Å²) in [4.78, 5) is 13.8. The summed E-state index contributed by atoms with van der Waals surface area (Å²) in [6.07, 6.45) is 4.78. The van der Waals surface area contributed by atoms with Crippen LogP contribution >= 0.6 is 0 Å². The van der Waals surface area contributed by atoms with Crippen LogP contribution < -0.4 is 15.2 Å². The van der Waals surface area contributed by atoms with Crippen LogP contribution in [0, 0.1) is 0 Å². The highest BCUT2D eigenvalue weighted by molar-refractivity contribution is 5.78. The minimum Gasteiger partial charge on any atom is -0.493 e. The lowest BCUT2D eigenvalue weighted by molar-refractivity contribution is -0.132. The van der Waals surface area contributed by atoms with E-state index in [1.54, 1.807) is 12.0 Å². The molecule has 1 saturated heterocycles. The molecule has 0 saturated carbocycles. The molecule has 1 fully saturated rings. The summed E-state index contributed by atoms with van der Waals surface area (Å²) in [6.45, 7) is 3.28. The highest BCUT2D eigenvalue weighted by Crippen LogP contribution is 2.28. The highest BCUT2D eigenvalue weighted by atomic mass is 16.5. The average Bonchev–Trinajstić information content (AvgIpc) is 2.92. The van der Waals surface area contributed by atoms with Crippen molar-refractivity contribution in [1.29, 1.82) is 0 Å². The molecule has 114 valence electrons. The fourth-order valence-electron chi connectivity index (χ4n) is 2.34. The lowest BCUT2D eigenvalue weighted by Gasteiger charge is -2.17. The fraction of sp³-hybridized carbons (Fsp3) is 0.438. The second-order valence-electron chi connectivity index (χ2n) is 5.09. The number of rotatable bonds is 5. The normalized spacial score (nSPS) is 18.2. The minimum absolute atomic E-state index is 0.00600. The van der Waals surface area contributed by atoms with Crippen molar-refractivity contribution in [3.05, 3.63) is 29.8 Å². The Hall–Kier alpha value is -2.01. The van der Waals surface area contributed by atoms with Gasteiger partial charge < -0.3 is 20.1 Å². The zero-order chi connectivity index (χ0) is 15.2. The van der Waals surface area contributed by atoms with Crippen molar-refractivity contribution in [3.8, 4) is 11.5 Å². The van der Waals surface area contributed by atoms with Gasteiger partial charge in [0.05, 0.1) is 7.11 Å². The van der Waals surface area contributed by atoms with E-state index in [0.29, 0.717) is 24.6 Å². The van der Waals surface area contributed by atoms with Crippen molar-refractivity contribution in [2.24, 2.45) is 5.73 Å². The molecule has 0 bridgehead atoms. The van der Waals surface area contributed by atoms with Gasteiger partial charge in [-0.3, -0.25) is 4.79 Å². The van der Waals surface area contributed by atoms with Crippen molar-refractivity contribution in [3.63, 3.8) is 0 Å². The minimum atomic E-state index is -0.0393. The summed E-state index contributed by atoms with van der Waals surface area (Å²) < 4.78 is 10.9. The summed E-state index contributed by atoms with van der Waals surface area (Å²) in [5, 5.41) is 0. The van der Waals surface area contributed by atoms with Gasteiger partial charge in [0.1, 0.15) is 0 Å². The Morgan fingerprint density at radius 2 is 2.29 bits per heavy atom. The van der Waals surface area contributed by atoms with Crippen LogP contribution in [0.4, 0.5) is 0 Å². The Kier molecular flexibility index (Phi) is 5.22. The van der Waals surface area contributed by atoms with Crippen molar-refractivity contribution in [1.82, 2.24) is 4.90 Å². The topological polar surface area (TPSA) is 64.8 Å². The molecule has 1 aliphatic heterocycles. The van der Waals surface area contributed by atoms with Crippen molar-refractivity contribution >= 4 is 12.0 Å². The third-order valence-corrected chi connectivity index (χ3v) is 3.48. The van der Waals surface area contributed by atoms with Gasteiger partial charge in [-0.2, -0.15) is 0 Å². The molecule has 2 rings (SSSR count). The summed E-state index contributed by atoms with van der Waals surface area (Å²) in [5.74, 6) is 1.15. The zero-order valence-electron chi connectivity index (χ0n) is 12.5. The van der Waals surface area contributed by atoms with E-state index in [2.05, 4.69) is 0 Å². The van der Waals surface area contributed by atoms with E-state index in [9.17, 15) is 4.79 Å². The molecule has 0 radical (unpaired) electrons. The van der Waals surface area contributed by atoms with Gasteiger partial charge in [-0.05, 0) is 31.0 Å². The molecule has 2 N–H and O–H groups in total. The van der Waals surface area contributed by atoms with Gasteiger partial charge in [-0.1, -0.05) is 18.2 Å². The van der Waals surface area contributed by atoms with Crippen LogP contribution in [0.5, 0.6) is 11.5 Å². The monoisotopic (exact) mass is 290 g/mol. The fourth-order valence-corrected chi connectivity index (χ4v) is 2.34. The van der Waals surface area contributed by atoms with E-state index in [4.69, 9.17) is 15.2 Å². The molecular formula is C16H22N2O3. The lowest BCUT2D eigenvalue weighted by atomic mass is 10.2. The van der Waals surface area contributed by atoms with Gasteiger partial charge >= 0.3 is 0 Å². The second-order valence-corrected chi connectivity index (χ2v) is 5.09. The number of ether oxygens (including phenoxy) is 2. The number of amides is 1. The predicted molar refractivity (Wildman–Crippen MR) is 82.4 cm³/mol. The summed E-state index contributed by atoms with van der Waals surface area (Å²) >= 11 is 0. The number of benzene rings is 1. The molecule has 1 aromatic carbocycles. The molecule has 1 amide bonds. The molecule has 1 aromatic rings. The van der Waals surface area contributed by atoms with Gasteiger partial charge in [0, 0.05) is 19.1 Å². The largest absolute Gasteiger partial charge is 0.493 e. The van der Waals surface area contributed by atoms with Crippen LogP contribution in [0.1, 0.15) is 18.9 Å². The SMILES string of the molecule is C/C=C/c1ccc(OCC(=O)N2CCC(N)C2)c(OC)c1. The third kappa shape index (κ3) is 3.98. The molecule has 21 heavy (non-hydrogen) atoms. The molecule has 0 aromatic heterocycles. The molecule has 1 atom stereocenters. The van der Waals surface area contributed by atoms with Crippen LogP contribution in [-0.2, 0) is 4.79 Å². The Bertz CT molecular complexity index is 528. The summed E-state index contributed by atoms with van der Waals surface area (Å²) in [5.41, 5.74) is 6.83. The van der Waals surface area contributed by atoms with Crippen LogP contribution in [0.15, 0.2) is 24.3 Å². The molecule has 0 aliphatic carbocycles. The van der Waals surface area contributed by atoms with Crippen LogP contribution in [-0.4, -0.2) is 43.7 Å². The molecular weight excluding hydrogens is 268 g/mol. The first-order valence-electron chi connectivity index (χ1n) is 7.11. The number of hydrogen-bond acceptors (Lipinski definition) is 4. The zero-order valence-corrected chi connectivity index (χ0v) is 12.5. The van der Waals surface area contributed by atoms with E-state index in [-0.39, 0.29) is 18.6 Å². The summed E-state index contributed by atoms with van der Waals surface area (Å²) in [7, 11) is 1.59. The van der Waals surface area contributed by atoms with Crippen molar-refractivity contribution in [2.75, 3.05) is 26.8 Å². The first-order valence-corrected chi connectivity index (χ1v) is 7.11. The maximum absolute atomic E-state index is 12.0. The number of likely N-dealkylation sites (tertiary alicyclic amines) is 1. The Morgan fingerprint density at radius 1 is 1.48 bits per heavy atom. The number of nitrogens with two attached hydrogens (primary N) is 1. The van der Waals surface area contributed by atoms with Crippen LogP contribution in [0.25, 0.3) is 6.08 Å². The Labute approximate surface area is 125 Å². The van der Waals surface area contributed by atoms with E-state index >= 15 is 0 Å². The molecule has 1 unspecified atom stereocenters. The maximum Gasteiger partial charge on any atom is 0.260 e. The quantitative estimate of drug-likeness (QED) is 0.896. The van der Waals surface area contributed by atoms with Crippen LogP contribution in [0.2, 0.25) is 0 Å². The van der Waals surface area contributed by atoms with Gasteiger partial charge in [-0.25, -0.2) is 0 Å². The number of carbonyl (C=O) groups is 1. The van der Waals surface area contributed by atoms with E-state index in [0.717, 1.165) is 12.0 Å². The standard InChI is InChI=1S/C16H22N2O3/c1-3-4-12-5-6-14(15(9-12)20-2)21-11-16(19)18-8-7-13(17)10-18/h3-6,9,13H,7-8,10-11,17H2,1-2H3/b4-3+. The van der Waals surface area contributed by atoms with Gasteiger partial charge in [0.15, 0.2) is 18.1 Å².